The number of hydrogen-bond donors (Lipinski definition) is 0. The SMILES string of the molecule is CCCCCCCCCCCCCCCCOCCOCCOCCOCCOCCOCCOCCOCCOCCOCCOCCOCCOCCN(C)C(=O)OC(C)(C)C. The van der Waals surface area contributed by atoms with E-state index in [0.29, 0.717) is 172 Å². The topological polar surface area (TPSA) is 150 Å². The molecule has 0 N–H and O–H groups in total. The van der Waals surface area contributed by atoms with Gasteiger partial charge in [0.2, 0.25) is 0 Å². The Morgan fingerprint density at radius 3 is 0.750 bits per heavy atom. The molecule has 0 fully saturated rings. The molecule has 0 saturated heterocycles. The summed E-state index contributed by atoms with van der Waals surface area (Å²) in [6.07, 6.45) is 18.8. The van der Waals surface area contributed by atoms with Crippen LogP contribution in [0.2, 0.25) is 0 Å². The van der Waals surface area contributed by atoms with E-state index < -0.39 is 5.60 Å². The van der Waals surface area contributed by atoms with Gasteiger partial charge in [-0.15, -0.1) is 0 Å². The standard InChI is InChI=1S/C48H97NO15/c1-6-7-8-9-10-11-12-13-14-15-16-17-18-19-21-51-23-25-53-27-29-55-31-33-57-35-37-59-39-41-61-43-45-63-46-44-62-42-40-60-38-36-58-34-32-56-30-28-54-26-24-52-22-20-49(5)47(50)64-48(2,3)4/h6-46H2,1-5H3. The van der Waals surface area contributed by atoms with E-state index in [1.54, 1.807) is 7.05 Å². The molecule has 0 aromatic rings. The minimum Gasteiger partial charge on any atom is -0.444 e. The first kappa shape index (κ1) is 62.8. The van der Waals surface area contributed by atoms with Crippen LogP contribution in [-0.4, -0.2) is 202 Å². The molecule has 0 saturated carbocycles. The lowest BCUT2D eigenvalue weighted by Crippen LogP contribution is -2.36. The maximum absolute atomic E-state index is 11.9. The van der Waals surface area contributed by atoms with Crippen LogP contribution < -0.4 is 0 Å². The Kier molecular flexibility index (Phi) is 51.7. The first-order valence-electron chi connectivity index (χ1n) is 24.8. The number of hydrogen-bond acceptors (Lipinski definition) is 15. The molecule has 16 nitrogen and oxygen atoms in total. The highest BCUT2D eigenvalue weighted by Crippen LogP contribution is 2.13. The Labute approximate surface area is 389 Å². The highest BCUT2D eigenvalue weighted by Gasteiger charge is 2.19. The Morgan fingerprint density at radius 2 is 0.516 bits per heavy atom. The first-order valence-corrected chi connectivity index (χ1v) is 24.8. The van der Waals surface area contributed by atoms with E-state index in [-0.39, 0.29) is 6.09 Å². The quantitative estimate of drug-likeness (QED) is 0.0552. The second kappa shape index (κ2) is 52.7. The van der Waals surface area contributed by atoms with Crippen molar-refractivity contribution in [2.75, 3.05) is 185 Å². The molecular formula is C48H97NO15. The van der Waals surface area contributed by atoms with Gasteiger partial charge in [0, 0.05) is 20.2 Å². The summed E-state index contributed by atoms with van der Waals surface area (Å²) in [7, 11) is 1.68. The predicted molar refractivity (Wildman–Crippen MR) is 250 cm³/mol. The van der Waals surface area contributed by atoms with Crippen molar-refractivity contribution >= 4 is 6.09 Å². The zero-order chi connectivity index (χ0) is 46.5. The van der Waals surface area contributed by atoms with Crippen LogP contribution in [0.4, 0.5) is 4.79 Å². The molecule has 0 bridgehead atoms. The van der Waals surface area contributed by atoms with Gasteiger partial charge in [0.1, 0.15) is 5.60 Å². The lowest BCUT2D eigenvalue weighted by molar-refractivity contribution is -0.0291. The summed E-state index contributed by atoms with van der Waals surface area (Å²) in [5, 5.41) is 0. The number of nitrogens with zero attached hydrogens (tertiary/aromatic N) is 1. The zero-order valence-corrected chi connectivity index (χ0v) is 41.6. The maximum Gasteiger partial charge on any atom is 0.410 e. The zero-order valence-electron chi connectivity index (χ0n) is 41.6. The van der Waals surface area contributed by atoms with E-state index >= 15 is 0 Å². The van der Waals surface area contributed by atoms with Gasteiger partial charge in [-0.2, -0.15) is 0 Å². The molecule has 0 unspecified atom stereocenters. The normalized spacial score (nSPS) is 11.8. The molecule has 16 heteroatoms. The van der Waals surface area contributed by atoms with Crippen molar-refractivity contribution in [2.24, 2.45) is 0 Å². The molecule has 0 aliphatic carbocycles. The van der Waals surface area contributed by atoms with Gasteiger partial charge >= 0.3 is 6.09 Å². The highest BCUT2D eigenvalue weighted by atomic mass is 16.6. The molecular weight excluding hydrogens is 831 g/mol. The molecule has 0 aliphatic heterocycles. The van der Waals surface area contributed by atoms with Crippen LogP contribution in [0.25, 0.3) is 0 Å². The van der Waals surface area contributed by atoms with Crippen molar-refractivity contribution < 1.29 is 71.1 Å². The number of rotatable bonds is 54. The van der Waals surface area contributed by atoms with Crippen molar-refractivity contribution in [3.63, 3.8) is 0 Å². The van der Waals surface area contributed by atoms with E-state index in [9.17, 15) is 4.79 Å². The van der Waals surface area contributed by atoms with Crippen LogP contribution in [0.3, 0.4) is 0 Å². The number of unbranched alkanes of at least 4 members (excludes halogenated alkanes) is 13. The van der Waals surface area contributed by atoms with Crippen LogP contribution in [0.1, 0.15) is 118 Å². The van der Waals surface area contributed by atoms with Crippen molar-refractivity contribution in [2.45, 2.75) is 123 Å². The molecule has 1 amide bonds. The van der Waals surface area contributed by atoms with Crippen LogP contribution in [-0.2, 0) is 66.3 Å². The van der Waals surface area contributed by atoms with Gasteiger partial charge in [-0.05, 0) is 27.2 Å². The van der Waals surface area contributed by atoms with Crippen molar-refractivity contribution in [1.82, 2.24) is 4.90 Å². The lowest BCUT2D eigenvalue weighted by atomic mass is 10.0. The highest BCUT2D eigenvalue weighted by molar-refractivity contribution is 5.67. The number of likely N-dealkylation sites (N-methyl/N-ethyl adjacent to an activating group) is 1. The number of amides is 1. The molecule has 64 heavy (non-hydrogen) atoms. The van der Waals surface area contributed by atoms with E-state index in [0.717, 1.165) is 13.0 Å². The molecule has 0 radical (unpaired) electrons. The Morgan fingerprint density at radius 1 is 0.312 bits per heavy atom. The Hall–Kier alpha value is -1.25. The third-order valence-electron chi connectivity index (χ3n) is 9.38. The fourth-order valence-corrected chi connectivity index (χ4v) is 5.77. The predicted octanol–water partition coefficient (Wildman–Crippen LogP) is 7.55. The number of ether oxygens (including phenoxy) is 14. The first-order chi connectivity index (χ1) is 31.4. The number of carbonyl (C=O) groups excluding carboxylic acids is 1. The largest absolute Gasteiger partial charge is 0.444 e. The van der Waals surface area contributed by atoms with E-state index in [1.165, 1.54) is 88.4 Å². The summed E-state index contributed by atoms with van der Waals surface area (Å²) in [4.78, 5) is 13.4. The van der Waals surface area contributed by atoms with Gasteiger partial charge in [0.05, 0.1) is 165 Å². The summed E-state index contributed by atoms with van der Waals surface area (Å²) in [5.74, 6) is 0. The summed E-state index contributed by atoms with van der Waals surface area (Å²) < 4.78 is 77.2. The Balaban J connectivity index is 3.12. The molecule has 384 valence electrons. The third kappa shape index (κ3) is 55.1. The summed E-state index contributed by atoms with van der Waals surface area (Å²) >= 11 is 0. The molecule has 0 heterocycles. The minimum absolute atomic E-state index is 0.364. The van der Waals surface area contributed by atoms with Crippen LogP contribution in [0.15, 0.2) is 0 Å². The molecule has 0 spiro atoms. The average molecular weight is 928 g/mol. The summed E-state index contributed by atoms with van der Waals surface area (Å²) in [6.45, 7) is 21.8. The van der Waals surface area contributed by atoms with Crippen molar-refractivity contribution in [3.05, 3.63) is 0 Å². The van der Waals surface area contributed by atoms with Crippen molar-refractivity contribution in [1.29, 1.82) is 0 Å². The van der Waals surface area contributed by atoms with Gasteiger partial charge in [0.25, 0.3) is 0 Å². The second-order valence-corrected chi connectivity index (χ2v) is 16.5. The van der Waals surface area contributed by atoms with Gasteiger partial charge in [-0.3, -0.25) is 0 Å². The van der Waals surface area contributed by atoms with Crippen LogP contribution in [0, 0.1) is 0 Å². The number of carbonyl (C=O) groups is 1. The maximum atomic E-state index is 11.9. The third-order valence-corrected chi connectivity index (χ3v) is 9.38. The molecule has 0 rings (SSSR count). The van der Waals surface area contributed by atoms with Gasteiger partial charge < -0.3 is 71.2 Å². The van der Waals surface area contributed by atoms with Crippen LogP contribution in [0.5, 0.6) is 0 Å². The molecule has 0 aromatic carbocycles. The minimum atomic E-state index is -0.512. The van der Waals surface area contributed by atoms with E-state index in [2.05, 4.69) is 6.92 Å². The lowest BCUT2D eigenvalue weighted by Gasteiger charge is -2.24. The molecule has 0 aromatic heterocycles. The smallest absolute Gasteiger partial charge is 0.410 e. The average Bonchev–Trinajstić information content (AvgIpc) is 3.27. The van der Waals surface area contributed by atoms with Gasteiger partial charge in [0.15, 0.2) is 0 Å². The summed E-state index contributed by atoms with van der Waals surface area (Å²) in [6, 6.07) is 0. The molecule has 0 atom stereocenters. The van der Waals surface area contributed by atoms with Gasteiger partial charge in [-0.1, -0.05) is 90.4 Å². The van der Waals surface area contributed by atoms with Crippen LogP contribution >= 0.6 is 0 Å². The second-order valence-electron chi connectivity index (χ2n) is 16.5. The van der Waals surface area contributed by atoms with E-state index in [1.807, 2.05) is 20.8 Å². The monoisotopic (exact) mass is 928 g/mol. The summed E-state index contributed by atoms with van der Waals surface area (Å²) in [5.41, 5.74) is -0.512. The molecule has 0 aliphatic rings. The van der Waals surface area contributed by atoms with Gasteiger partial charge in [-0.25, -0.2) is 4.79 Å². The van der Waals surface area contributed by atoms with E-state index in [4.69, 9.17) is 66.3 Å². The van der Waals surface area contributed by atoms with Crippen molar-refractivity contribution in [3.8, 4) is 0 Å². The Bertz CT molecular complexity index is 902. The fraction of sp³-hybridized carbons (Fsp3) is 0.979. The fourth-order valence-electron chi connectivity index (χ4n) is 5.77.